The molecule has 3 N–H and O–H groups in total. The molecule has 2 heterocycles. The molecule has 0 unspecified atom stereocenters. The van der Waals surface area contributed by atoms with Crippen molar-refractivity contribution in [2.24, 2.45) is 0 Å². The number of benzene rings is 1. The maximum absolute atomic E-state index is 6.05. The lowest BCUT2D eigenvalue weighted by atomic mass is 10.1. The molecule has 0 spiro atoms. The maximum atomic E-state index is 6.05. The van der Waals surface area contributed by atoms with Crippen LogP contribution in [-0.2, 0) is 0 Å². The molecule has 0 radical (unpaired) electrons. The van der Waals surface area contributed by atoms with Gasteiger partial charge in [0, 0.05) is 5.56 Å². The molecule has 1 aromatic carbocycles. The number of nitrogens with one attached hydrogen (secondary N) is 1. The number of ether oxygens (including phenoxy) is 1. The van der Waals surface area contributed by atoms with Gasteiger partial charge in [-0.1, -0.05) is 12.1 Å². The average Bonchev–Trinajstić information content (AvgIpc) is 2.86. The van der Waals surface area contributed by atoms with Gasteiger partial charge in [-0.3, -0.25) is 5.10 Å². The van der Waals surface area contributed by atoms with Crippen molar-refractivity contribution in [3.63, 3.8) is 0 Å². The number of nitrogen functional groups attached to an aromatic ring is 1. The SMILES string of the molecule is Nc1[nH]ncc1-c1cccc(OC2CCSCC2)c1. The Labute approximate surface area is 116 Å². The standard InChI is InChI=1S/C14H17N3OS/c15-14-13(9-16-17-14)10-2-1-3-12(8-10)18-11-4-6-19-7-5-11/h1-3,8-9,11H,4-7H2,(H3,15,16,17). The zero-order chi connectivity index (χ0) is 13.1. The molecule has 100 valence electrons. The molecule has 1 saturated heterocycles. The first-order chi connectivity index (χ1) is 9.33. The number of nitrogens with two attached hydrogens (primary N) is 1. The Morgan fingerprint density at radius 3 is 2.89 bits per heavy atom. The van der Waals surface area contributed by atoms with Gasteiger partial charge >= 0.3 is 0 Å². The molecular formula is C14H17N3OS. The lowest BCUT2D eigenvalue weighted by molar-refractivity contribution is 0.192. The van der Waals surface area contributed by atoms with Crippen LogP contribution < -0.4 is 10.5 Å². The predicted molar refractivity (Wildman–Crippen MR) is 79.4 cm³/mol. The van der Waals surface area contributed by atoms with Crippen molar-refractivity contribution in [2.75, 3.05) is 17.2 Å². The van der Waals surface area contributed by atoms with Gasteiger partial charge < -0.3 is 10.5 Å². The fourth-order valence-electron chi connectivity index (χ4n) is 2.25. The van der Waals surface area contributed by atoms with E-state index in [0.717, 1.165) is 29.7 Å². The van der Waals surface area contributed by atoms with Crippen LogP contribution in [0.2, 0.25) is 0 Å². The highest BCUT2D eigenvalue weighted by Gasteiger charge is 2.15. The van der Waals surface area contributed by atoms with Crippen LogP contribution in [0.3, 0.4) is 0 Å². The number of aromatic amines is 1. The topological polar surface area (TPSA) is 63.9 Å². The highest BCUT2D eigenvalue weighted by atomic mass is 32.2. The zero-order valence-corrected chi connectivity index (χ0v) is 11.5. The second kappa shape index (κ2) is 5.57. The van der Waals surface area contributed by atoms with E-state index in [9.17, 15) is 0 Å². The monoisotopic (exact) mass is 275 g/mol. The summed E-state index contributed by atoms with van der Waals surface area (Å²) in [7, 11) is 0. The Morgan fingerprint density at radius 2 is 2.16 bits per heavy atom. The summed E-state index contributed by atoms with van der Waals surface area (Å²) in [6.07, 6.45) is 4.34. The highest BCUT2D eigenvalue weighted by Crippen LogP contribution is 2.29. The molecule has 3 rings (SSSR count). The van der Waals surface area contributed by atoms with E-state index in [4.69, 9.17) is 10.5 Å². The minimum atomic E-state index is 0.346. The van der Waals surface area contributed by atoms with Crippen LogP contribution in [0.5, 0.6) is 5.75 Å². The Bertz CT molecular complexity index is 549. The van der Waals surface area contributed by atoms with E-state index < -0.39 is 0 Å². The fourth-order valence-corrected chi connectivity index (χ4v) is 3.31. The van der Waals surface area contributed by atoms with Gasteiger partial charge in [-0.05, 0) is 42.0 Å². The van der Waals surface area contributed by atoms with Crippen LogP contribution in [0.25, 0.3) is 11.1 Å². The van der Waals surface area contributed by atoms with Gasteiger partial charge in [-0.2, -0.15) is 16.9 Å². The van der Waals surface area contributed by atoms with Gasteiger partial charge in [-0.15, -0.1) is 0 Å². The summed E-state index contributed by atoms with van der Waals surface area (Å²) < 4.78 is 6.05. The number of nitrogens with zero attached hydrogens (tertiary/aromatic N) is 1. The highest BCUT2D eigenvalue weighted by molar-refractivity contribution is 7.99. The quantitative estimate of drug-likeness (QED) is 0.904. The second-order valence-corrected chi connectivity index (χ2v) is 5.88. The second-order valence-electron chi connectivity index (χ2n) is 4.65. The van der Waals surface area contributed by atoms with Gasteiger partial charge in [0.25, 0.3) is 0 Å². The van der Waals surface area contributed by atoms with Crippen molar-refractivity contribution in [3.8, 4) is 16.9 Å². The van der Waals surface area contributed by atoms with Gasteiger partial charge in [0.15, 0.2) is 0 Å². The van der Waals surface area contributed by atoms with Crippen LogP contribution in [-0.4, -0.2) is 27.8 Å². The van der Waals surface area contributed by atoms with Crippen molar-refractivity contribution in [1.82, 2.24) is 10.2 Å². The van der Waals surface area contributed by atoms with E-state index in [1.165, 1.54) is 11.5 Å². The van der Waals surface area contributed by atoms with Gasteiger partial charge in [-0.25, -0.2) is 0 Å². The van der Waals surface area contributed by atoms with Gasteiger partial charge in [0.05, 0.1) is 6.20 Å². The molecular weight excluding hydrogens is 258 g/mol. The van der Waals surface area contributed by atoms with Crippen molar-refractivity contribution in [3.05, 3.63) is 30.5 Å². The number of aromatic nitrogens is 2. The van der Waals surface area contributed by atoms with Crippen molar-refractivity contribution < 1.29 is 4.74 Å². The number of hydrogen-bond donors (Lipinski definition) is 2. The molecule has 0 bridgehead atoms. The molecule has 5 heteroatoms. The summed E-state index contributed by atoms with van der Waals surface area (Å²) in [5.74, 6) is 3.89. The summed E-state index contributed by atoms with van der Waals surface area (Å²) in [6, 6.07) is 8.05. The lowest BCUT2D eigenvalue weighted by Gasteiger charge is -2.23. The largest absolute Gasteiger partial charge is 0.490 e. The Balaban J connectivity index is 1.78. The molecule has 0 amide bonds. The summed E-state index contributed by atoms with van der Waals surface area (Å²) in [6.45, 7) is 0. The van der Waals surface area contributed by atoms with E-state index in [0.29, 0.717) is 11.9 Å². The number of H-pyrrole nitrogens is 1. The third kappa shape index (κ3) is 2.87. The molecule has 0 saturated carbocycles. The first kappa shape index (κ1) is 12.4. The van der Waals surface area contributed by atoms with E-state index in [1.807, 2.05) is 36.0 Å². The Morgan fingerprint density at radius 1 is 1.32 bits per heavy atom. The Hall–Kier alpha value is -1.62. The molecule has 0 aliphatic carbocycles. The molecule has 1 aromatic heterocycles. The zero-order valence-electron chi connectivity index (χ0n) is 10.6. The van der Waals surface area contributed by atoms with Gasteiger partial charge in [0.1, 0.15) is 17.7 Å². The maximum Gasteiger partial charge on any atom is 0.126 e. The van der Waals surface area contributed by atoms with Crippen LogP contribution in [0.4, 0.5) is 5.82 Å². The number of anilines is 1. The third-order valence-corrected chi connectivity index (χ3v) is 4.33. The summed E-state index contributed by atoms with van der Waals surface area (Å²) in [5.41, 5.74) is 7.80. The summed E-state index contributed by atoms with van der Waals surface area (Å²) in [5, 5.41) is 6.70. The van der Waals surface area contributed by atoms with Crippen molar-refractivity contribution in [2.45, 2.75) is 18.9 Å². The molecule has 19 heavy (non-hydrogen) atoms. The predicted octanol–water partition coefficient (Wildman–Crippen LogP) is 2.93. The number of rotatable bonds is 3. The first-order valence-electron chi connectivity index (χ1n) is 6.46. The number of hydrogen-bond acceptors (Lipinski definition) is 4. The molecule has 1 fully saturated rings. The minimum Gasteiger partial charge on any atom is -0.490 e. The summed E-state index contributed by atoms with van der Waals surface area (Å²) in [4.78, 5) is 0. The molecule has 1 aliphatic rings. The van der Waals surface area contributed by atoms with E-state index in [1.54, 1.807) is 6.20 Å². The van der Waals surface area contributed by atoms with Crippen molar-refractivity contribution in [1.29, 1.82) is 0 Å². The normalized spacial score (nSPS) is 16.4. The van der Waals surface area contributed by atoms with Crippen LogP contribution in [0.15, 0.2) is 30.5 Å². The first-order valence-corrected chi connectivity index (χ1v) is 7.62. The van der Waals surface area contributed by atoms with Crippen LogP contribution >= 0.6 is 11.8 Å². The molecule has 0 atom stereocenters. The summed E-state index contributed by atoms with van der Waals surface area (Å²) >= 11 is 2.00. The molecule has 4 nitrogen and oxygen atoms in total. The average molecular weight is 275 g/mol. The van der Waals surface area contributed by atoms with E-state index in [-0.39, 0.29) is 0 Å². The Kier molecular flexibility index (Phi) is 3.64. The molecule has 2 aromatic rings. The van der Waals surface area contributed by atoms with Crippen molar-refractivity contribution >= 4 is 17.6 Å². The van der Waals surface area contributed by atoms with Crippen LogP contribution in [0.1, 0.15) is 12.8 Å². The molecule has 1 aliphatic heterocycles. The van der Waals surface area contributed by atoms with Gasteiger partial charge in [0.2, 0.25) is 0 Å². The number of thioether (sulfide) groups is 1. The minimum absolute atomic E-state index is 0.346. The fraction of sp³-hybridized carbons (Fsp3) is 0.357. The van der Waals surface area contributed by atoms with Crippen LogP contribution in [0, 0.1) is 0 Å². The van der Waals surface area contributed by atoms with E-state index >= 15 is 0 Å². The lowest BCUT2D eigenvalue weighted by Crippen LogP contribution is -2.21. The van der Waals surface area contributed by atoms with E-state index in [2.05, 4.69) is 10.2 Å². The smallest absolute Gasteiger partial charge is 0.126 e. The third-order valence-electron chi connectivity index (χ3n) is 3.28.